The first-order valence-electron chi connectivity index (χ1n) is 4.89. The van der Waals surface area contributed by atoms with E-state index in [2.05, 4.69) is 0 Å². The van der Waals surface area contributed by atoms with E-state index < -0.39 is 0 Å². The van der Waals surface area contributed by atoms with E-state index in [1.807, 2.05) is 13.8 Å². The summed E-state index contributed by atoms with van der Waals surface area (Å²) in [6.07, 6.45) is 1.90. The third-order valence-electron chi connectivity index (χ3n) is 2.18. The standard InChI is InChI=1S/C11H16FNO/c1-3-9(4-2)14-11-7-8(12)5-6-10(11)13/h5-7,9H,3-4,13H2,1-2H3. The van der Waals surface area contributed by atoms with Gasteiger partial charge in [0.2, 0.25) is 0 Å². The highest BCUT2D eigenvalue weighted by Crippen LogP contribution is 2.24. The fourth-order valence-electron chi connectivity index (χ4n) is 1.25. The Bertz CT molecular complexity index is 297. The third kappa shape index (κ3) is 2.62. The Balaban J connectivity index is 2.79. The van der Waals surface area contributed by atoms with Crippen molar-refractivity contribution in [2.75, 3.05) is 5.73 Å². The predicted octanol–water partition coefficient (Wildman–Crippen LogP) is 2.98. The van der Waals surface area contributed by atoms with E-state index in [-0.39, 0.29) is 11.9 Å². The van der Waals surface area contributed by atoms with Crippen LogP contribution in [0.4, 0.5) is 10.1 Å². The number of anilines is 1. The van der Waals surface area contributed by atoms with Crippen molar-refractivity contribution in [2.45, 2.75) is 32.8 Å². The van der Waals surface area contributed by atoms with Crippen LogP contribution in [0.5, 0.6) is 5.75 Å². The SMILES string of the molecule is CCC(CC)Oc1cc(F)ccc1N. The normalized spacial score (nSPS) is 10.6. The first kappa shape index (κ1) is 10.8. The minimum atomic E-state index is -0.319. The van der Waals surface area contributed by atoms with Crippen molar-refractivity contribution in [2.24, 2.45) is 0 Å². The van der Waals surface area contributed by atoms with Gasteiger partial charge in [-0.3, -0.25) is 0 Å². The second-order valence-electron chi connectivity index (χ2n) is 3.24. The van der Waals surface area contributed by atoms with Gasteiger partial charge in [0.1, 0.15) is 11.6 Å². The van der Waals surface area contributed by atoms with Crippen LogP contribution >= 0.6 is 0 Å². The number of rotatable bonds is 4. The fraction of sp³-hybridized carbons (Fsp3) is 0.455. The second-order valence-corrected chi connectivity index (χ2v) is 3.24. The molecule has 2 N–H and O–H groups in total. The molecule has 0 spiro atoms. The molecule has 0 aliphatic carbocycles. The Hall–Kier alpha value is -1.25. The van der Waals surface area contributed by atoms with Crippen molar-refractivity contribution in [1.82, 2.24) is 0 Å². The van der Waals surface area contributed by atoms with Gasteiger partial charge in [-0.1, -0.05) is 13.8 Å². The van der Waals surface area contributed by atoms with Gasteiger partial charge in [-0.15, -0.1) is 0 Å². The van der Waals surface area contributed by atoms with Gasteiger partial charge in [-0.2, -0.15) is 0 Å². The minimum Gasteiger partial charge on any atom is -0.488 e. The summed E-state index contributed by atoms with van der Waals surface area (Å²) in [7, 11) is 0. The number of hydrogen-bond donors (Lipinski definition) is 1. The zero-order valence-electron chi connectivity index (χ0n) is 8.59. The van der Waals surface area contributed by atoms with Crippen LogP contribution < -0.4 is 10.5 Å². The zero-order chi connectivity index (χ0) is 10.6. The lowest BCUT2D eigenvalue weighted by Crippen LogP contribution is -2.14. The summed E-state index contributed by atoms with van der Waals surface area (Å²) in [6, 6.07) is 4.18. The van der Waals surface area contributed by atoms with Crippen LogP contribution in [-0.2, 0) is 0 Å². The Kier molecular flexibility index (Phi) is 3.74. The molecule has 0 saturated heterocycles. The summed E-state index contributed by atoms with van der Waals surface area (Å²) in [4.78, 5) is 0. The summed E-state index contributed by atoms with van der Waals surface area (Å²) < 4.78 is 18.4. The van der Waals surface area contributed by atoms with Gasteiger partial charge in [-0.25, -0.2) is 4.39 Å². The van der Waals surface area contributed by atoms with Crippen molar-refractivity contribution in [3.63, 3.8) is 0 Å². The average molecular weight is 197 g/mol. The van der Waals surface area contributed by atoms with E-state index in [0.717, 1.165) is 12.8 Å². The molecular formula is C11H16FNO. The fourth-order valence-corrected chi connectivity index (χ4v) is 1.25. The van der Waals surface area contributed by atoms with Gasteiger partial charge in [-0.05, 0) is 25.0 Å². The Labute approximate surface area is 83.9 Å². The summed E-state index contributed by atoms with van der Waals surface area (Å²) in [6.45, 7) is 4.06. The number of benzene rings is 1. The van der Waals surface area contributed by atoms with Crippen molar-refractivity contribution in [3.8, 4) is 5.75 Å². The molecule has 0 aromatic heterocycles. The third-order valence-corrected chi connectivity index (χ3v) is 2.18. The van der Waals surface area contributed by atoms with E-state index in [0.29, 0.717) is 11.4 Å². The monoisotopic (exact) mass is 197 g/mol. The van der Waals surface area contributed by atoms with Crippen LogP contribution in [0.2, 0.25) is 0 Å². The highest BCUT2D eigenvalue weighted by molar-refractivity contribution is 5.52. The van der Waals surface area contributed by atoms with Crippen molar-refractivity contribution >= 4 is 5.69 Å². The maximum absolute atomic E-state index is 12.9. The summed E-state index contributed by atoms with van der Waals surface area (Å²) in [5.74, 6) is 0.124. The van der Waals surface area contributed by atoms with Crippen LogP contribution in [-0.4, -0.2) is 6.10 Å². The van der Waals surface area contributed by atoms with Gasteiger partial charge in [0.25, 0.3) is 0 Å². The second kappa shape index (κ2) is 4.84. The quantitative estimate of drug-likeness (QED) is 0.753. The van der Waals surface area contributed by atoms with E-state index >= 15 is 0 Å². The predicted molar refractivity (Wildman–Crippen MR) is 55.8 cm³/mol. The van der Waals surface area contributed by atoms with Gasteiger partial charge in [0.05, 0.1) is 11.8 Å². The first-order chi connectivity index (χ1) is 6.67. The lowest BCUT2D eigenvalue weighted by Gasteiger charge is -2.16. The van der Waals surface area contributed by atoms with Crippen LogP contribution in [0.15, 0.2) is 18.2 Å². The molecule has 0 heterocycles. The molecule has 0 atom stereocenters. The van der Waals surface area contributed by atoms with Crippen molar-refractivity contribution < 1.29 is 9.13 Å². The van der Waals surface area contributed by atoms with Crippen LogP contribution in [0.25, 0.3) is 0 Å². The molecule has 1 aromatic carbocycles. The molecular weight excluding hydrogens is 181 g/mol. The van der Waals surface area contributed by atoms with E-state index in [1.54, 1.807) is 0 Å². The Morgan fingerprint density at radius 2 is 2.00 bits per heavy atom. The summed E-state index contributed by atoms with van der Waals surface area (Å²) >= 11 is 0. The highest BCUT2D eigenvalue weighted by Gasteiger charge is 2.08. The molecule has 0 saturated carbocycles. The maximum atomic E-state index is 12.9. The average Bonchev–Trinajstić information content (AvgIpc) is 2.19. The lowest BCUT2D eigenvalue weighted by atomic mass is 10.2. The molecule has 1 aromatic rings. The van der Waals surface area contributed by atoms with Gasteiger partial charge >= 0.3 is 0 Å². The van der Waals surface area contributed by atoms with Gasteiger partial charge in [0.15, 0.2) is 0 Å². The molecule has 0 bridgehead atoms. The number of nitrogens with two attached hydrogens (primary N) is 1. The molecule has 0 amide bonds. The summed E-state index contributed by atoms with van der Waals surface area (Å²) in [5.41, 5.74) is 6.14. The largest absolute Gasteiger partial charge is 0.488 e. The topological polar surface area (TPSA) is 35.2 Å². The molecule has 0 radical (unpaired) electrons. The molecule has 0 aliphatic heterocycles. The Morgan fingerprint density at radius 1 is 1.36 bits per heavy atom. The van der Waals surface area contributed by atoms with E-state index in [4.69, 9.17) is 10.5 Å². The molecule has 0 fully saturated rings. The smallest absolute Gasteiger partial charge is 0.145 e. The first-order valence-corrected chi connectivity index (χ1v) is 4.89. The number of ether oxygens (including phenoxy) is 1. The molecule has 1 rings (SSSR count). The van der Waals surface area contributed by atoms with Crippen LogP contribution in [0, 0.1) is 5.82 Å². The van der Waals surface area contributed by atoms with Crippen LogP contribution in [0.1, 0.15) is 26.7 Å². The van der Waals surface area contributed by atoms with Gasteiger partial charge < -0.3 is 10.5 Å². The van der Waals surface area contributed by atoms with Gasteiger partial charge in [0, 0.05) is 6.07 Å². The van der Waals surface area contributed by atoms with Crippen molar-refractivity contribution in [3.05, 3.63) is 24.0 Å². The van der Waals surface area contributed by atoms with Crippen LogP contribution in [0.3, 0.4) is 0 Å². The Morgan fingerprint density at radius 3 is 2.57 bits per heavy atom. The number of nitrogen functional groups attached to an aromatic ring is 1. The highest BCUT2D eigenvalue weighted by atomic mass is 19.1. The molecule has 14 heavy (non-hydrogen) atoms. The molecule has 2 nitrogen and oxygen atoms in total. The molecule has 0 unspecified atom stereocenters. The summed E-state index contributed by atoms with van der Waals surface area (Å²) in [5, 5.41) is 0. The lowest BCUT2D eigenvalue weighted by molar-refractivity contribution is 0.193. The minimum absolute atomic E-state index is 0.110. The maximum Gasteiger partial charge on any atom is 0.145 e. The van der Waals surface area contributed by atoms with Crippen molar-refractivity contribution in [1.29, 1.82) is 0 Å². The van der Waals surface area contributed by atoms with E-state index in [1.165, 1.54) is 18.2 Å². The molecule has 3 heteroatoms. The zero-order valence-corrected chi connectivity index (χ0v) is 8.59. The molecule has 0 aliphatic rings. The number of halogens is 1. The molecule has 78 valence electrons. The van der Waals surface area contributed by atoms with E-state index in [9.17, 15) is 4.39 Å². The number of hydrogen-bond acceptors (Lipinski definition) is 2.